The normalized spacial score (nSPS) is 13.1. The van der Waals surface area contributed by atoms with E-state index in [0.29, 0.717) is 5.56 Å². The monoisotopic (exact) mass is 357 g/mol. The van der Waals surface area contributed by atoms with E-state index in [1.807, 2.05) is 30.3 Å². The Balaban J connectivity index is 1.53. The average molecular weight is 357 g/mol. The van der Waals surface area contributed by atoms with Gasteiger partial charge in [0.25, 0.3) is 5.91 Å². The fraction of sp³-hybridized carbons (Fsp3) is 0.217. The predicted molar refractivity (Wildman–Crippen MR) is 109 cm³/mol. The highest BCUT2D eigenvalue weighted by Crippen LogP contribution is 2.24. The fourth-order valence-electron chi connectivity index (χ4n) is 3.57. The molecule has 1 aliphatic rings. The molecule has 1 amide bonds. The first-order valence-electron chi connectivity index (χ1n) is 9.41. The predicted octanol–water partition coefficient (Wildman–Crippen LogP) is 4.46. The summed E-state index contributed by atoms with van der Waals surface area (Å²) in [7, 11) is 0. The van der Waals surface area contributed by atoms with Crippen LogP contribution in [0.15, 0.2) is 66.9 Å². The van der Waals surface area contributed by atoms with Gasteiger partial charge in [0.1, 0.15) is 5.82 Å². The van der Waals surface area contributed by atoms with E-state index >= 15 is 0 Å². The Bertz CT molecular complexity index is 967. The summed E-state index contributed by atoms with van der Waals surface area (Å²) in [5.74, 6) is 0.748. The molecule has 0 fully saturated rings. The first kappa shape index (κ1) is 17.3. The minimum absolute atomic E-state index is 0.100. The molecule has 4 heteroatoms. The molecule has 0 spiro atoms. The van der Waals surface area contributed by atoms with Crippen molar-refractivity contribution in [3.8, 4) is 0 Å². The van der Waals surface area contributed by atoms with Gasteiger partial charge in [-0.25, -0.2) is 4.98 Å². The zero-order valence-corrected chi connectivity index (χ0v) is 15.5. The SMILES string of the molecule is CCc1ccccc1NC(=O)c1ccnc(N2CCc3ccccc3C2)c1. The molecule has 1 N–H and O–H groups in total. The number of hydrogen-bond acceptors (Lipinski definition) is 3. The lowest BCUT2D eigenvalue weighted by Crippen LogP contribution is -2.31. The summed E-state index contributed by atoms with van der Waals surface area (Å²) in [5.41, 5.74) is 5.36. The van der Waals surface area contributed by atoms with Crippen molar-refractivity contribution in [3.05, 3.63) is 89.1 Å². The molecule has 0 aliphatic carbocycles. The van der Waals surface area contributed by atoms with Gasteiger partial charge in [-0.3, -0.25) is 4.79 Å². The number of carbonyl (C=O) groups excluding carboxylic acids is 1. The number of amides is 1. The standard InChI is InChI=1S/C23H23N3O/c1-2-17-7-5-6-10-21(17)25-23(27)19-11-13-24-22(15-19)26-14-12-18-8-3-4-9-20(18)16-26/h3-11,13,15H,2,12,14,16H2,1H3,(H,25,27). The number of pyridine rings is 1. The van der Waals surface area contributed by atoms with E-state index in [0.717, 1.165) is 43.0 Å². The smallest absolute Gasteiger partial charge is 0.255 e. The van der Waals surface area contributed by atoms with Gasteiger partial charge in [-0.05, 0) is 47.7 Å². The van der Waals surface area contributed by atoms with Crippen molar-refractivity contribution >= 4 is 17.4 Å². The van der Waals surface area contributed by atoms with Crippen LogP contribution in [0.4, 0.5) is 11.5 Å². The van der Waals surface area contributed by atoms with Gasteiger partial charge in [-0.1, -0.05) is 49.4 Å². The Hall–Kier alpha value is -3.14. The summed E-state index contributed by atoms with van der Waals surface area (Å²) < 4.78 is 0. The summed E-state index contributed by atoms with van der Waals surface area (Å²) in [6.45, 7) is 3.82. The topological polar surface area (TPSA) is 45.2 Å². The Morgan fingerprint density at radius 3 is 2.70 bits per heavy atom. The highest BCUT2D eigenvalue weighted by molar-refractivity contribution is 6.05. The van der Waals surface area contributed by atoms with E-state index in [2.05, 4.69) is 46.4 Å². The van der Waals surface area contributed by atoms with Crippen LogP contribution in [0.5, 0.6) is 0 Å². The molecular formula is C23H23N3O. The van der Waals surface area contributed by atoms with Crippen molar-refractivity contribution in [2.24, 2.45) is 0 Å². The van der Waals surface area contributed by atoms with Gasteiger partial charge < -0.3 is 10.2 Å². The number of para-hydroxylation sites is 1. The van der Waals surface area contributed by atoms with E-state index in [4.69, 9.17) is 0 Å². The molecule has 3 aromatic rings. The summed E-state index contributed by atoms with van der Waals surface area (Å²) in [6, 6.07) is 20.1. The number of benzene rings is 2. The van der Waals surface area contributed by atoms with E-state index in [9.17, 15) is 4.79 Å². The van der Waals surface area contributed by atoms with Crippen LogP contribution in [0.2, 0.25) is 0 Å². The molecule has 0 bridgehead atoms. The van der Waals surface area contributed by atoms with Crippen molar-refractivity contribution in [2.75, 3.05) is 16.8 Å². The third-order valence-corrected chi connectivity index (χ3v) is 5.11. The number of anilines is 2. The third kappa shape index (κ3) is 3.70. The molecule has 0 saturated heterocycles. The van der Waals surface area contributed by atoms with Crippen LogP contribution >= 0.6 is 0 Å². The van der Waals surface area contributed by atoms with Crippen LogP contribution < -0.4 is 10.2 Å². The van der Waals surface area contributed by atoms with Crippen LogP contribution in [0.25, 0.3) is 0 Å². The number of carbonyl (C=O) groups is 1. The lowest BCUT2D eigenvalue weighted by Gasteiger charge is -2.29. The zero-order chi connectivity index (χ0) is 18.6. The first-order valence-corrected chi connectivity index (χ1v) is 9.41. The first-order chi connectivity index (χ1) is 13.2. The van der Waals surface area contributed by atoms with Crippen LogP contribution in [0, 0.1) is 0 Å². The number of aromatic nitrogens is 1. The molecule has 0 atom stereocenters. The maximum Gasteiger partial charge on any atom is 0.255 e. The van der Waals surface area contributed by atoms with Crippen LogP contribution in [-0.4, -0.2) is 17.4 Å². The van der Waals surface area contributed by atoms with Gasteiger partial charge in [0.15, 0.2) is 0 Å². The fourth-order valence-corrected chi connectivity index (χ4v) is 3.57. The lowest BCUT2D eigenvalue weighted by molar-refractivity contribution is 0.102. The van der Waals surface area contributed by atoms with Gasteiger partial charge in [0.2, 0.25) is 0 Å². The molecule has 1 aliphatic heterocycles. The second-order valence-corrected chi connectivity index (χ2v) is 6.81. The molecule has 136 valence electrons. The molecule has 4 nitrogen and oxygen atoms in total. The van der Waals surface area contributed by atoms with Gasteiger partial charge >= 0.3 is 0 Å². The minimum Gasteiger partial charge on any atom is -0.352 e. The highest BCUT2D eigenvalue weighted by Gasteiger charge is 2.18. The second kappa shape index (κ2) is 7.62. The molecule has 27 heavy (non-hydrogen) atoms. The van der Waals surface area contributed by atoms with Crippen molar-refractivity contribution in [3.63, 3.8) is 0 Å². The summed E-state index contributed by atoms with van der Waals surface area (Å²) >= 11 is 0. The zero-order valence-electron chi connectivity index (χ0n) is 15.5. The molecule has 0 saturated carbocycles. The Morgan fingerprint density at radius 1 is 1.07 bits per heavy atom. The quantitative estimate of drug-likeness (QED) is 0.750. The maximum absolute atomic E-state index is 12.8. The lowest BCUT2D eigenvalue weighted by atomic mass is 10.00. The van der Waals surface area contributed by atoms with E-state index in [1.165, 1.54) is 11.1 Å². The minimum atomic E-state index is -0.100. The van der Waals surface area contributed by atoms with Crippen molar-refractivity contribution in [1.29, 1.82) is 0 Å². The van der Waals surface area contributed by atoms with Crippen molar-refractivity contribution in [2.45, 2.75) is 26.3 Å². The van der Waals surface area contributed by atoms with E-state index < -0.39 is 0 Å². The number of hydrogen-bond donors (Lipinski definition) is 1. The molecule has 4 rings (SSSR count). The Kier molecular flexibility index (Phi) is 4.88. The number of fused-ring (bicyclic) bond motifs is 1. The average Bonchev–Trinajstić information content (AvgIpc) is 2.74. The molecule has 2 aromatic carbocycles. The van der Waals surface area contributed by atoms with Crippen LogP contribution in [-0.2, 0) is 19.4 Å². The van der Waals surface area contributed by atoms with Crippen LogP contribution in [0.1, 0.15) is 34.0 Å². The number of aryl methyl sites for hydroxylation is 1. The molecule has 2 heterocycles. The Labute approximate surface area is 159 Å². The molecule has 0 unspecified atom stereocenters. The molecule has 0 radical (unpaired) electrons. The van der Waals surface area contributed by atoms with Gasteiger partial charge in [0.05, 0.1) is 0 Å². The van der Waals surface area contributed by atoms with E-state index in [-0.39, 0.29) is 5.91 Å². The van der Waals surface area contributed by atoms with Gasteiger partial charge in [-0.15, -0.1) is 0 Å². The second-order valence-electron chi connectivity index (χ2n) is 6.81. The van der Waals surface area contributed by atoms with Gasteiger partial charge in [0, 0.05) is 30.5 Å². The molecular weight excluding hydrogens is 334 g/mol. The number of rotatable bonds is 4. The largest absolute Gasteiger partial charge is 0.352 e. The van der Waals surface area contributed by atoms with Crippen molar-refractivity contribution in [1.82, 2.24) is 4.98 Å². The summed E-state index contributed by atoms with van der Waals surface area (Å²) in [5, 5.41) is 3.04. The summed E-state index contributed by atoms with van der Waals surface area (Å²) in [4.78, 5) is 19.5. The third-order valence-electron chi connectivity index (χ3n) is 5.11. The van der Waals surface area contributed by atoms with Crippen molar-refractivity contribution < 1.29 is 4.79 Å². The van der Waals surface area contributed by atoms with Gasteiger partial charge in [-0.2, -0.15) is 0 Å². The molecule has 1 aromatic heterocycles. The number of nitrogens with zero attached hydrogens (tertiary/aromatic N) is 2. The number of nitrogens with one attached hydrogen (secondary N) is 1. The highest BCUT2D eigenvalue weighted by atomic mass is 16.1. The Morgan fingerprint density at radius 2 is 1.85 bits per heavy atom. The summed E-state index contributed by atoms with van der Waals surface area (Å²) in [6.07, 6.45) is 3.60. The maximum atomic E-state index is 12.8. The van der Waals surface area contributed by atoms with Crippen LogP contribution in [0.3, 0.4) is 0 Å². The van der Waals surface area contributed by atoms with E-state index in [1.54, 1.807) is 12.3 Å².